The average Bonchev–Trinajstić information content (AvgIpc) is 2.67. The molecule has 0 aromatic heterocycles. The fourth-order valence-corrected chi connectivity index (χ4v) is 2.21. The molecule has 3 rings (SSSR count). The molecule has 3 N–H and O–H groups in total. The van der Waals surface area contributed by atoms with E-state index in [0.29, 0.717) is 23.9 Å². The normalized spacial score (nSPS) is 13.7. The average molecular weight is 291 g/mol. The van der Waals surface area contributed by atoms with Crippen LogP contribution in [0.2, 0.25) is 5.02 Å². The number of nitrogens with one attached hydrogen (secondary N) is 1. The van der Waals surface area contributed by atoms with Gasteiger partial charge >= 0.3 is 0 Å². The molecular weight excluding hydrogens is 276 g/mol. The number of hydrogen-bond acceptors (Lipinski definition) is 4. The first-order valence-corrected chi connectivity index (χ1v) is 6.82. The molecule has 0 unspecified atom stereocenters. The van der Waals surface area contributed by atoms with Crippen LogP contribution in [-0.4, -0.2) is 13.2 Å². The van der Waals surface area contributed by atoms with Crippen LogP contribution in [0.25, 0.3) is 0 Å². The third kappa shape index (κ3) is 2.75. The molecule has 0 radical (unpaired) electrons. The van der Waals surface area contributed by atoms with Crippen molar-refractivity contribution in [3.8, 4) is 11.5 Å². The Morgan fingerprint density at radius 1 is 1.00 bits per heavy atom. The first-order chi connectivity index (χ1) is 9.72. The largest absolute Gasteiger partial charge is 0.490 e. The number of nitrogens with two attached hydrogens (primary N) is 1. The summed E-state index contributed by atoms with van der Waals surface area (Å²) in [6.45, 7) is 1.34. The topological polar surface area (TPSA) is 56.5 Å². The summed E-state index contributed by atoms with van der Waals surface area (Å²) < 4.78 is 11.3. The second-order valence-corrected chi connectivity index (χ2v) is 5.00. The number of benzene rings is 2. The van der Waals surface area contributed by atoms with Gasteiger partial charge in [0.15, 0.2) is 11.5 Å². The van der Waals surface area contributed by atoms with E-state index in [1.54, 1.807) is 18.2 Å². The lowest BCUT2D eigenvalue weighted by molar-refractivity contribution is 0.297. The van der Waals surface area contributed by atoms with Gasteiger partial charge in [-0.25, -0.2) is 0 Å². The molecule has 0 atom stereocenters. The van der Waals surface area contributed by atoms with Gasteiger partial charge in [0.05, 0.1) is 24.6 Å². The van der Waals surface area contributed by atoms with Crippen molar-refractivity contribution in [3.05, 3.63) is 41.4 Å². The van der Waals surface area contributed by atoms with Gasteiger partial charge in [0, 0.05) is 23.2 Å². The fourth-order valence-electron chi connectivity index (χ4n) is 2.03. The second-order valence-electron chi connectivity index (χ2n) is 4.57. The molecule has 0 saturated heterocycles. The Bertz CT molecular complexity index is 631. The van der Waals surface area contributed by atoms with Crippen LogP contribution in [0.5, 0.6) is 11.5 Å². The molecule has 0 saturated carbocycles. The van der Waals surface area contributed by atoms with E-state index in [9.17, 15) is 0 Å². The Hall–Kier alpha value is -2.07. The highest BCUT2D eigenvalue weighted by Crippen LogP contribution is 2.34. The summed E-state index contributed by atoms with van der Waals surface area (Å²) >= 11 is 5.98. The molecule has 0 spiro atoms. The highest BCUT2D eigenvalue weighted by atomic mass is 35.5. The van der Waals surface area contributed by atoms with Gasteiger partial charge in [-0.15, -0.1) is 0 Å². The van der Waals surface area contributed by atoms with Crippen LogP contribution in [-0.2, 0) is 0 Å². The van der Waals surface area contributed by atoms with Crippen LogP contribution in [0.1, 0.15) is 6.42 Å². The molecule has 5 heteroatoms. The summed E-state index contributed by atoms with van der Waals surface area (Å²) in [6, 6.07) is 11.0. The Morgan fingerprint density at radius 3 is 2.65 bits per heavy atom. The van der Waals surface area contributed by atoms with Crippen LogP contribution in [0, 0.1) is 0 Å². The number of anilines is 3. The fraction of sp³-hybridized carbons (Fsp3) is 0.200. The van der Waals surface area contributed by atoms with Gasteiger partial charge in [0.2, 0.25) is 0 Å². The number of rotatable bonds is 2. The molecule has 0 aliphatic carbocycles. The van der Waals surface area contributed by atoms with E-state index in [1.165, 1.54) is 0 Å². The maximum absolute atomic E-state index is 5.98. The van der Waals surface area contributed by atoms with E-state index in [-0.39, 0.29) is 0 Å². The summed E-state index contributed by atoms with van der Waals surface area (Å²) in [6.07, 6.45) is 0.888. The predicted octanol–water partition coefficient (Wildman–Crippen LogP) is 3.83. The zero-order valence-corrected chi connectivity index (χ0v) is 11.6. The Morgan fingerprint density at radius 2 is 1.80 bits per heavy atom. The highest BCUT2D eigenvalue weighted by Gasteiger charge is 2.11. The predicted molar refractivity (Wildman–Crippen MR) is 81.2 cm³/mol. The SMILES string of the molecule is Nc1ccc(Cl)cc1Nc1ccc2c(c1)OCCCO2. The van der Waals surface area contributed by atoms with Crippen molar-refractivity contribution in [1.29, 1.82) is 0 Å². The van der Waals surface area contributed by atoms with Gasteiger partial charge in [-0.1, -0.05) is 11.6 Å². The molecule has 1 aliphatic rings. The quantitative estimate of drug-likeness (QED) is 0.826. The second kappa shape index (κ2) is 5.51. The summed E-state index contributed by atoms with van der Waals surface area (Å²) in [5.41, 5.74) is 8.21. The Balaban J connectivity index is 1.87. The van der Waals surface area contributed by atoms with Crippen LogP contribution in [0.3, 0.4) is 0 Å². The Kier molecular flexibility index (Phi) is 3.56. The van der Waals surface area contributed by atoms with E-state index in [2.05, 4.69) is 5.32 Å². The molecule has 2 aromatic rings. The molecule has 0 amide bonds. The van der Waals surface area contributed by atoms with Crippen molar-refractivity contribution in [2.45, 2.75) is 6.42 Å². The lowest BCUT2D eigenvalue weighted by Crippen LogP contribution is -1.98. The first-order valence-electron chi connectivity index (χ1n) is 6.44. The van der Waals surface area contributed by atoms with Gasteiger partial charge in [0.1, 0.15) is 0 Å². The van der Waals surface area contributed by atoms with E-state index in [1.807, 2.05) is 18.2 Å². The van der Waals surface area contributed by atoms with Gasteiger partial charge in [0.25, 0.3) is 0 Å². The van der Waals surface area contributed by atoms with Crippen molar-refractivity contribution in [2.24, 2.45) is 0 Å². The van der Waals surface area contributed by atoms with Crippen molar-refractivity contribution in [1.82, 2.24) is 0 Å². The lowest BCUT2D eigenvalue weighted by Gasteiger charge is -2.12. The molecular formula is C15H15ClN2O2. The van der Waals surface area contributed by atoms with Gasteiger partial charge in [-0.05, 0) is 30.3 Å². The van der Waals surface area contributed by atoms with Crippen molar-refractivity contribution in [2.75, 3.05) is 24.3 Å². The van der Waals surface area contributed by atoms with E-state index < -0.39 is 0 Å². The Labute approximate surface area is 122 Å². The minimum Gasteiger partial charge on any atom is -0.490 e. The lowest BCUT2D eigenvalue weighted by atomic mass is 10.2. The summed E-state index contributed by atoms with van der Waals surface area (Å²) in [5.74, 6) is 1.51. The summed E-state index contributed by atoms with van der Waals surface area (Å²) in [5, 5.41) is 3.87. The first kappa shape index (κ1) is 12.9. The number of ether oxygens (including phenoxy) is 2. The number of halogens is 1. The zero-order valence-electron chi connectivity index (χ0n) is 10.9. The van der Waals surface area contributed by atoms with Crippen LogP contribution >= 0.6 is 11.6 Å². The summed E-state index contributed by atoms with van der Waals surface area (Å²) in [7, 11) is 0. The zero-order chi connectivity index (χ0) is 13.9. The molecule has 2 aromatic carbocycles. The van der Waals surface area contributed by atoms with Crippen LogP contribution < -0.4 is 20.5 Å². The molecule has 1 aliphatic heterocycles. The van der Waals surface area contributed by atoms with Gasteiger partial charge in [-0.3, -0.25) is 0 Å². The number of hydrogen-bond donors (Lipinski definition) is 2. The van der Waals surface area contributed by atoms with E-state index >= 15 is 0 Å². The molecule has 104 valence electrons. The van der Waals surface area contributed by atoms with Crippen molar-refractivity contribution >= 4 is 28.7 Å². The minimum absolute atomic E-state index is 0.635. The number of fused-ring (bicyclic) bond motifs is 1. The molecule has 20 heavy (non-hydrogen) atoms. The molecule has 0 bridgehead atoms. The van der Waals surface area contributed by atoms with Gasteiger partial charge < -0.3 is 20.5 Å². The van der Waals surface area contributed by atoms with E-state index in [0.717, 1.165) is 29.3 Å². The maximum Gasteiger partial charge on any atom is 0.163 e. The molecule has 1 heterocycles. The third-order valence-corrected chi connectivity index (χ3v) is 3.28. The standard InChI is InChI=1S/C15H15ClN2O2/c16-10-2-4-12(17)13(8-10)18-11-3-5-14-15(9-11)20-7-1-6-19-14/h2-5,8-9,18H,1,6-7,17H2. The molecule has 0 fully saturated rings. The highest BCUT2D eigenvalue weighted by molar-refractivity contribution is 6.31. The smallest absolute Gasteiger partial charge is 0.163 e. The van der Waals surface area contributed by atoms with Crippen LogP contribution in [0.15, 0.2) is 36.4 Å². The van der Waals surface area contributed by atoms with Gasteiger partial charge in [-0.2, -0.15) is 0 Å². The summed E-state index contributed by atoms with van der Waals surface area (Å²) in [4.78, 5) is 0. The number of nitrogen functional groups attached to an aromatic ring is 1. The van der Waals surface area contributed by atoms with Crippen LogP contribution in [0.4, 0.5) is 17.1 Å². The van der Waals surface area contributed by atoms with E-state index in [4.69, 9.17) is 26.8 Å². The maximum atomic E-state index is 5.98. The minimum atomic E-state index is 0.635. The molecule has 4 nitrogen and oxygen atoms in total. The van der Waals surface area contributed by atoms with Crippen molar-refractivity contribution in [3.63, 3.8) is 0 Å². The van der Waals surface area contributed by atoms with Crippen molar-refractivity contribution < 1.29 is 9.47 Å². The third-order valence-electron chi connectivity index (χ3n) is 3.04. The monoisotopic (exact) mass is 290 g/mol.